The Hall–Kier alpha value is -4.92. The number of hydrogen-bond donors (Lipinski definition) is 2. The van der Waals surface area contributed by atoms with Crippen molar-refractivity contribution in [3.05, 3.63) is 59.8 Å². The summed E-state index contributed by atoms with van der Waals surface area (Å²) in [6, 6.07) is 11.5. The van der Waals surface area contributed by atoms with Crippen LogP contribution in [-0.4, -0.2) is 63.5 Å². The van der Waals surface area contributed by atoms with E-state index in [-0.39, 0.29) is 28.0 Å². The minimum absolute atomic E-state index is 0.179. The standard InChI is InChI=1S/C31H29F2N5O7S/c1-30(2,3)45-29(42)38-22-10-15(20-13-31(20)19-11-16(43-4)7-9-21(19)37(26(31)39)28(40)41)6-8-18(22)24(36-38)35-25-23(44-5)12-17(14-34-25)46-27(32)33/h6-12,14,20,27H,13H2,1-5H3,(H,40,41)(H,34,35,36)/t20-,31-/m0/s1. The summed E-state index contributed by atoms with van der Waals surface area (Å²) in [5.41, 5.74) is -0.0915. The minimum atomic E-state index is -2.64. The van der Waals surface area contributed by atoms with E-state index in [1.54, 1.807) is 57.2 Å². The number of halogens is 2. The van der Waals surface area contributed by atoms with Gasteiger partial charge in [0.1, 0.15) is 11.4 Å². The second-order valence-corrected chi connectivity index (χ2v) is 12.8. The van der Waals surface area contributed by atoms with Gasteiger partial charge in [-0.2, -0.15) is 13.5 Å². The number of alkyl halides is 2. The number of pyridine rings is 1. The maximum atomic E-state index is 13.7. The van der Waals surface area contributed by atoms with E-state index in [1.165, 1.54) is 26.5 Å². The Kier molecular flexibility index (Phi) is 7.54. The van der Waals surface area contributed by atoms with Gasteiger partial charge in [0.2, 0.25) is 5.91 Å². The van der Waals surface area contributed by atoms with E-state index in [0.29, 0.717) is 46.0 Å². The van der Waals surface area contributed by atoms with Crippen LogP contribution in [0.2, 0.25) is 0 Å². The van der Waals surface area contributed by atoms with Crippen molar-refractivity contribution < 1.29 is 42.5 Å². The monoisotopic (exact) mass is 653 g/mol. The first-order valence-electron chi connectivity index (χ1n) is 14.0. The number of nitrogens with zero attached hydrogens (tertiary/aromatic N) is 4. The average Bonchev–Trinajstić information content (AvgIpc) is 3.58. The van der Waals surface area contributed by atoms with Crippen LogP contribution in [0, 0.1) is 0 Å². The molecular weight excluding hydrogens is 624 g/mol. The molecule has 2 atom stereocenters. The summed E-state index contributed by atoms with van der Waals surface area (Å²) in [4.78, 5) is 44.3. The number of rotatable bonds is 7. The maximum absolute atomic E-state index is 13.7. The van der Waals surface area contributed by atoms with Crippen molar-refractivity contribution in [1.82, 2.24) is 14.8 Å². The van der Waals surface area contributed by atoms with Crippen LogP contribution in [0.4, 0.5) is 35.7 Å². The molecule has 15 heteroatoms. The first-order valence-corrected chi connectivity index (χ1v) is 14.9. The Morgan fingerprint density at radius 2 is 1.87 bits per heavy atom. The van der Waals surface area contributed by atoms with Crippen molar-refractivity contribution in [2.75, 3.05) is 24.4 Å². The quantitative estimate of drug-likeness (QED) is 0.205. The van der Waals surface area contributed by atoms with Crippen molar-refractivity contribution in [3.63, 3.8) is 0 Å². The third-order valence-corrected chi connectivity index (χ3v) is 8.52. The summed E-state index contributed by atoms with van der Waals surface area (Å²) in [6.07, 6.45) is -0.527. The number of hydrogen-bond acceptors (Lipinski definition) is 10. The van der Waals surface area contributed by atoms with Gasteiger partial charge >= 0.3 is 12.2 Å². The minimum Gasteiger partial charge on any atom is -0.497 e. The van der Waals surface area contributed by atoms with Gasteiger partial charge in [0.15, 0.2) is 17.4 Å². The fourth-order valence-electron chi connectivity index (χ4n) is 5.85. The molecular formula is C31H29F2N5O7S. The van der Waals surface area contributed by atoms with E-state index in [2.05, 4.69) is 15.4 Å². The summed E-state index contributed by atoms with van der Waals surface area (Å²) in [6.45, 7) is 5.15. The van der Waals surface area contributed by atoms with E-state index >= 15 is 0 Å². The van der Waals surface area contributed by atoms with Gasteiger partial charge < -0.3 is 24.6 Å². The number of fused-ring (bicyclic) bond motifs is 3. The van der Waals surface area contributed by atoms with Gasteiger partial charge in [-0.1, -0.05) is 17.8 Å². The van der Waals surface area contributed by atoms with Crippen LogP contribution in [0.5, 0.6) is 11.5 Å². The number of methoxy groups -OCH3 is 2. The molecule has 4 aromatic rings. The number of anilines is 3. The highest BCUT2D eigenvalue weighted by molar-refractivity contribution is 7.99. The van der Waals surface area contributed by atoms with E-state index in [4.69, 9.17) is 14.2 Å². The zero-order chi connectivity index (χ0) is 33.1. The number of thioether (sulfide) groups is 1. The molecule has 1 fully saturated rings. The van der Waals surface area contributed by atoms with Crippen molar-refractivity contribution in [2.24, 2.45) is 0 Å². The lowest BCUT2D eigenvalue weighted by atomic mass is 9.91. The molecule has 2 amide bonds. The molecule has 2 aromatic carbocycles. The summed E-state index contributed by atoms with van der Waals surface area (Å²) >= 11 is 0.325. The first kappa shape index (κ1) is 31.1. The molecule has 1 spiro atoms. The smallest absolute Gasteiger partial charge is 0.435 e. The molecule has 2 N–H and O–H groups in total. The largest absolute Gasteiger partial charge is 0.497 e. The van der Waals surface area contributed by atoms with Crippen LogP contribution in [0.25, 0.3) is 10.9 Å². The highest BCUT2D eigenvalue weighted by Gasteiger charge is 2.68. The number of imide groups is 1. The summed E-state index contributed by atoms with van der Waals surface area (Å²) in [5, 5.41) is 17.9. The third-order valence-electron chi connectivity index (χ3n) is 7.85. The van der Waals surface area contributed by atoms with Gasteiger partial charge in [0.05, 0.1) is 30.8 Å². The van der Waals surface area contributed by atoms with E-state index in [9.17, 15) is 28.3 Å². The lowest BCUT2D eigenvalue weighted by molar-refractivity contribution is -0.119. The number of carbonyl (C=O) groups excluding carboxylic acids is 2. The molecule has 46 heavy (non-hydrogen) atoms. The first-order chi connectivity index (χ1) is 21.8. The fraction of sp³-hybridized carbons (Fsp3) is 0.323. The molecule has 2 aliphatic rings. The van der Waals surface area contributed by atoms with Gasteiger partial charge in [-0.25, -0.2) is 19.5 Å². The molecule has 0 bridgehead atoms. The van der Waals surface area contributed by atoms with Crippen LogP contribution in [0.1, 0.15) is 44.2 Å². The summed E-state index contributed by atoms with van der Waals surface area (Å²) in [5.74, 6) is -2.54. The van der Waals surface area contributed by atoms with Crippen LogP contribution >= 0.6 is 11.8 Å². The van der Waals surface area contributed by atoms with Gasteiger partial charge in [-0.15, -0.1) is 5.10 Å². The number of benzene rings is 2. The van der Waals surface area contributed by atoms with Crippen LogP contribution in [0.15, 0.2) is 53.6 Å². The number of ether oxygens (including phenoxy) is 3. The Balaban J connectivity index is 1.42. The van der Waals surface area contributed by atoms with Crippen LogP contribution in [0.3, 0.4) is 0 Å². The Labute approximate surface area is 265 Å². The predicted octanol–water partition coefficient (Wildman–Crippen LogP) is 6.74. The fourth-order valence-corrected chi connectivity index (χ4v) is 6.34. The Bertz CT molecular complexity index is 1910. The molecule has 1 aliphatic heterocycles. The molecule has 12 nitrogen and oxygen atoms in total. The van der Waals surface area contributed by atoms with Gasteiger partial charge in [0, 0.05) is 22.4 Å². The summed E-state index contributed by atoms with van der Waals surface area (Å²) in [7, 11) is 2.86. The zero-order valence-electron chi connectivity index (χ0n) is 25.3. The van der Waals surface area contributed by atoms with Crippen molar-refractivity contribution >= 4 is 58.1 Å². The van der Waals surface area contributed by atoms with Gasteiger partial charge in [-0.3, -0.25) is 4.79 Å². The highest BCUT2D eigenvalue weighted by Crippen LogP contribution is 2.67. The third kappa shape index (κ3) is 5.23. The normalized spacial score (nSPS) is 18.7. The molecule has 0 saturated heterocycles. The average molecular weight is 654 g/mol. The number of aromatic nitrogens is 3. The van der Waals surface area contributed by atoms with Gasteiger partial charge in [0.25, 0.3) is 5.76 Å². The predicted molar refractivity (Wildman–Crippen MR) is 165 cm³/mol. The van der Waals surface area contributed by atoms with Gasteiger partial charge in [-0.05, 0) is 74.7 Å². The molecule has 0 radical (unpaired) electrons. The zero-order valence-corrected chi connectivity index (χ0v) is 26.1. The molecule has 240 valence electrons. The highest BCUT2D eigenvalue weighted by atomic mass is 32.2. The topological polar surface area (TPSA) is 145 Å². The van der Waals surface area contributed by atoms with Crippen molar-refractivity contribution in [1.29, 1.82) is 0 Å². The SMILES string of the molecule is COc1ccc2c(c1)[C@]1(C[C@H]1c1ccc3c(Nc4ncc(SC(F)F)cc4OC)nn(C(=O)OC(C)(C)C)c3c1)C(=O)N2C(=O)O. The van der Waals surface area contributed by atoms with E-state index in [0.717, 1.165) is 9.58 Å². The van der Waals surface area contributed by atoms with Crippen LogP contribution in [-0.2, 0) is 14.9 Å². The second kappa shape index (κ2) is 11.2. The number of nitrogens with one attached hydrogen (secondary N) is 1. The lowest BCUT2D eigenvalue weighted by Gasteiger charge is -2.19. The Morgan fingerprint density at radius 3 is 2.52 bits per heavy atom. The number of amides is 2. The lowest BCUT2D eigenvalue weighted by Crippen LogP contribution is -2.36. The Morgan fingerprint density at radius 1 is 1.11 bits per heavy atom. The van der Waals surface area contributed by atoms with E-state index in [1.807, 2.05) is 0 Å². The molecule has 3 heterocycles. The molecule has 1 saturated carbocycles. The number of carbonyl (C=O) groups is 3. The van der Waals surface area contributed by atoms with Crippen LogP contribution < -0.4 is 19.7 Å². The summed E-state index contributed by atoms with van der Waals surface area (Å²) < 4.78 is 43.3. The molecule has 2 aromatic heterocycles. The number of carboxylic acid groups (broad SMARTS) is 1. The molecule has 0 unspecified atom stereocenters. The molecule has 1 aliphatic carbocycles. The van der Waals surface area contributed by atoms with Crippen molar-refractivity contribution in [3.8, 4) is 11.5 Å². The maximum Gasteiger partial charge on any atom is 0.435 e. The molecule has 6 rings (SSSR count). The second-order valence-electron chi connectivity index (χ2n) is 11.8. The van der Waals surface area contributed by atoms with E-state index < -0.39 is 40.8 Å². The van der Waals surface area contributed by atoms with Crippen molar-refractivity contribution in [2.45, 2.75) is 54.8 Å².